The Morgan fingerprint density at radius 2 is 1.02 bits per heavy atom. The molecule has 6 aliphatic rings. The van der Waals surface area contributed by atoms with Crippen molar-refractivity contribution in [2.75, 3.05) is 6.61 Å². The zero-order chi connectivity index (χ0) is 65.1. The summed E-state index contributed by atoms with van der Waals surface area (Å²) in [6, 6.07) is 0. The van der Waals surface area contributed by atoms with Gasteiger partial charge in [-0.1, -0.05) is 123 Å². The van der Waals surface area contributed by atoms with Crippen LogP contribution in [0.5, 0.6) is 0 Å². The van der Waals surface area contributed by atoms with Crippen molar-refractivity contribution in [2.45, 2.75) is 369 Å². The molecular weight excluding hydrogens is 1170 g/mol. The van der Waals surface area contributed by atoms with Crippen LogP contribution in [-0.2, 0) is 76.0 Å². The van der Waals surface area contributed by atoms with Crippen LogP contribution < -0.4 is 0 Å². The lowest BCUT2D eigenvalue weighted by atomic mass is 9.95. The van der Waals surface area contributed by atoms with Gasteiger partial charge < -0.3 is 113 Å². The first-order valence-electron chi connectivity index (χ1n) is 33.4. The van der Waals surface area contributed by atoms with E-state index in [0.717, 1.165) is 103 Å². The molecule has 6 fully saturated rings. The molecule has 26 nitrogen and oxygen atoms in total. The van der Waals surface area contributed by atoms with E-state index >= 15 is 0 Å². The van der Waals surface area contributed by atoms with E-state index < -0.39 is 190 Å². The lowest BCUT2D eigenvalue weighted by Crippen LogP contribution is -2.67. The highest BCUT2D eigenvalue weighted by molar-refractivity contribution is 5.73. The predicted molar refractivity (Wildman–Crippen MR) is 314 cm³/mol. The van der Waals surface area contributed by atoms with E-state index in [1.807, 2.05) is 0 Å². The average molecular weight is 1280 g/mol. The largest absolute Gasteiger partial charge is 0.456 e. The lowest BCUT2D eigenvalue weighted by molar-refractivity contribution is -0.395. The van der Waals surface area contributed by atoms with Crippen LogP contribution in [0.4, 0.5) is 0 Å². The second-order valence-electron chi connectivity index (χ2n) is 25.6. The van der Waals surface area contributed by atoms with Crippen molar-refractivity contribution >= 4 is 17.9 Å². The van der Waals surface area contributed by atoms with Gasteiger partial charge in [-0.2, -0.15) is 0 Å². The molecule has 6 rings (SSSR count). The molecule has 28 atom stereocenters. The summed E-state index contributed by atoms with van der Waals surface area (Å²) in [7, 11) is 0. The smallest absolute Gasteiger partial charge is 0.311 e. The molecule has 6 aliphatic heterocycles. The van der Waals surface area contributed by atoms with Crippen molar-refractivity contribution in [1.82, 2.24) is 0 Å². The summed E-state index contributed by atoms with van der Waals surface area (Å²) < 4.78 is 81.0. The van der Waals surface area contributed by atoms with Crippen LogP contribution >= 0.6 is 0 Å². The number of carbonyl (C=O) groups is 3. The second-order valence-corrected chi connectivity index (χ2v) is 25.6. The molecule has 0 radical (unpaired) electrons. The van der Waals surface area contributed by atoms with Gasteiger partial charge in [-0.05, 0) is 67.2 Å². The summed E-state index contributed by atoms with van der Waals surface area (Å²) in [5.74, 6) is -3.44. The van der Waals surface area contributed by atoms with Crippen molar-refractivity contribution in [2.24, 2.45) is 5.92 Å². The molecule has 89 heavy (non-hydrogen) atoms. The Bertz CT molecular complexity index is 2040. The normalized spacial score (nSPS) is 41.3. The van der Waals surface area contributed by atoms with Crippen molar-refractivity contribution in [3.05, 3.63) is 0 Å². The molecule has 0 aromatic rings. The van der Waals surface area contributed by atoms with Crippen molar-refractivity contribution in [3.8, 4) is 0 Å². The van der Waals surface area contributed by atoms with Crippen LogP contribution in [0.2, 0.25) is 0 Å². The highest BCUT2D eigenvalue weighted by Crippen LogP contribution is 2.39. The third-order valence-electron chi connectivity index (χ3n) is 18.3. The summed E-state index contributed by atoms with van der Waals surface area (Å²) >= 11 is 0. The molecule has 0 bridgehead atoms. The third kappa shape index (κ3) is 21.3. The van der Waals surface area contributed by atoms with Crippen molar-refractivity contribution < 1.29 is 127 Å². The number of esters is 3. The fourth-order valence-corrected chi connectivity index (χ4v) is 12.4. The molecular formula is C63H110O26. The first-order valence-corrected chi connectivity index (χ1v) is 33.4. The maximum atomic E-state index is 14.0. The predicted octanol–water partition coefficient (Wildman–Crippen LogP) is 3.27. The van der Waals surface area contributed by atoms with Gasteiger partial charge in [0.25, 0.3) is 0 Å². The van der Waals surface area contributed by atoms with Gasteiger partial charge >= 0.3 is 17.9 Å². The fourth-order valence-electron chi connectivity index (χ4n) is 12.4. The monoisotopic (exact) mass is 1280 g/mol. The highest BCUT2D eigenvalue weighted by Gasteiger charge is 2.58. The topological polar surface area (TPSA) is 374 Å². The molecule has 0 aromatic carbocycles. The van der Waals surface area contributed by atoms with Crippen LogP contribution in [0, 0.1) is 5.92 Å². The maximum absolute atomic E-state index is 14.0. The number of ether oxygens (including phenoxy) is 13. The Kier molecular flexibility index (Phi) is 32.0. The van der Waals surface area contributed by atoms with Gasteiger partial charge in [-0.3, -0.25) is 14.4 Å². The molecule has 0 saturated carbocycles. The third-order valence-corrected chi connectivity index (χ3v) is 18.3. The fraction of sp³-hybridized carbons (Fsp3) is 0.952. The number of hydrogen-bond donors (Lipinski definition) is 10. The van der Waals surface area contributed by atoms with E-state index in [1.54, 1.807) is 6.92 Å². The Morgan fingerprint density at radius 1 is 0.494 bits per heavy atom. The maximum Gasteiger partial charge on any atom is 0.311 e. The van der Waals surface area contributed by atoms with E-state index in [-0.39, 0.29) is 18.9 Å². The van der Waals surface area contributed by atoms with Gasteiger partial charge in [-0.15, -0.1) is 0 Å². The van der Waals surface area contributed by atoms with Crippen molar-refractivity contribution in [3.63, 3.8) is 0 Å². The summed E-state index contributed by atoms with van der Waals surface area (Å²) in [6.07, 6.45) is -22.6. The molecule has 0 amide bonds. The molecule has 28 unspecified atom stereocenters. The summed E-state index contributed by atoms with van der Waals surface area (Å²) in [6.45, 7) is 12.2. The van der Waals surface area contributed by atoms with Crippen LogP contribution in [0.3, 0.4) is 0 Å². The first-order chi connectivity index (χ1) is 42.5. The minimum absolute atomic E-state index is 0.0235. The van der Waals surface area contributed by atoms with Crippen LogP contribution in [0.15, 0.2) is 0 Å². The van der Waals surface area contributed by atoms with E-state index in [4.69, 9.17) is 61.6 Å². The molecule has 6 heterocycles. The standard InChI is InChI=1S/C63H110O26/c1-9-11-13-14-15-16-19-22-26-30-41(66)83-55-49(74)53(87-63-57(88-59-47(72)45(70)44(69)40(32-64)82-59)48(73)51(36(6)78-63)85-58(76)33(3)34(4)65)37(7)79-61(55)86-52-38(8)80-62-56(50(52)75)84-42(67)31-27-23-20-17-18-21-25-29-39(28-24-12-10-2)81-60-54(89-62)46(71)43(68)35(5)77-60/h33-40,43-57,59-65,68-75H,9-32H2,1-8H3. The Morgan fingerprint density at radius 3 is 1.66 bits per heavy atom. The Labute approximate surface area is 524 Å². The molecule has 0 aromatic heterocycles. The Balaban J connectivity index is 1.29. The van der Waals surface area contributed by atoms with Crippen molar-refractivity contribution in [1.29, 1.82) is 0 Å². The summed E-state index contributed by atoms with van der Waals surface area (Å²) in [5.41, 5.74) is 0. The summed E-state index contributed by atoms with van der Waals surface area (Å²) in [5, 5.41) is 113. The highest BCUT2D eigenvalue weighted by atomic mass is 16.8. The van der Waals surface area contributed by atoms with E-state index in [1.165, 1.54) is 41.0 Å². The van der Waals surface area contributed by atoms with Crippen LogP contribution in [0.1, 0.15) is 203 Å². The minimum Gasteiger partial charge on any atom is -0.456 e. The zero-order valence-electron chi connectivity index (χ0n) is 53.6. The van der Waals surface area contributed by atoms with Gasteiger partial charge in [0.15, 0.2) is 49.8 Å². The molecule has 0 aliphatic carbocycles. The number of unbranched alkanes of at least 4 members (excludes halogenated alkanes) is 10. The Hall–Kier alpha value is -2.39. The van der Waals surface area contributed by atoms with Gasteiger partial charge in [0.2, 0.25) is 0 Å². The summed E-state index contributed by atoms with van der Waals surface area (Å²) in [4.78, 5) is 41.0. The molecule has 10 N–H and O–H groups in total. The van der Waals surface area contributed by atoms with Crippen LogP contribution in [-0.4, -0.2) is 241 Å². The number of carbonyl (C=O) groups excluding carboxylic acids is 3. The van der Waals surface area contributed by atoms with E-state index in [0.29, 0.717) is 25.7 Å². The molecule has 0 spiro atoms. The number of aliphatic hydroxyl groups excluding tert-OH is 10. The van der Waals surface area contributed by atoms with Gasteiger partial charge in [0, 0.05) is 12.8 Å². The van der Waals surface area contributed by atoms with Gasteiger partial charge in [-0.25, -0.2) is 0 Å². The number of fused-ring (bicyclic) bond motifs is 2. The lowest BCUT2D eigenvalue weighted by Gasteiger charge is -2.50. The van der Waals surface area contributed by atoms with Crippen LogP contribution in [0.25, 0.3) is 0 Å². The second kappa shape index (κ2) is 37.6. The van der Waals surface area contributed by atoms with Gasteiger partial charge in [0.05, 0.1) is 49.1 Å². The van der Waals surface area contributed by atoms with Gasteiger partial charge in [0.1, 0.15) is 79.4 Å². The molecule has 6 saturated heterocycles. The number of rotatable bonds is 25. The van der Waals surface area contributed by atoms with E-state index in [9.17, 15) is 65.4 Å². The average Bonchev–Trinajstić information content (AvgIpc) is 0.850. The molecule has 518 valence electrons. The zero-order valence-corrected chi connectivity index (χ0v) is 53.6. The number of aliphatic hydroxyl groups is 10. The van der Waals surface area contributed by atoms with E-state index in [2.05, 4.69) is 13.8 Å². The number of hydrogen-bond acceptors (Lipinski definition) is 26. The quantitative estimate of drug-likeness (QED) is 0.0356. The first kappa shape index (κ1) is 75.6. The molecule has 26 heteroatoms. The SMILES string of the molecule is CCCCCCCCCCCC(=O)OC1C(OC2C(C)OC3OC4C(OC(CCCCC)CCCCCCCCCC(=O)OC3C2O)OC(C)C(O)C4O)OC(C)C(OC2OC(C)C(OC(=O)C(C)C(C)O)C(O)C2OC2OC(CO)C(O)C(O)C2O)C1O. The minimum atomic E-state index is -2.00.